The number of amides is 1. The number of H-pyrrole nitrogens is 1. The lowest BCUT2D eigenvalue weighted by molar-refractivity contribution is 0.0692. The number of hydrogen-bond donors (Lipinski definition) is 1. The summed E-state index contributed by atoms with van der Waals surface area (Å²) in [6.45, 7) is 7.23. The van der Waals surface area contributed by atoms with Crippen LogP contribution in [-0.4, -0.2) is 78.0 Å². The molecule has 3 aromatic rings. The van der Waals surface area contributed by atoms with Crippen molar-refractivity contribution in [2.75, 3.05) is 32.4 Å². The fourth-order valence-corrected chi connectivity index (χ4v) is 5.73. The number of rotatable bonds is 6. The first-order valence-corrected chi connectivity index (χ1v) is 13.6. The van der Waals surface area contributed by atoms with Gasteiger partial charge in [-0.25, -0.2) is 8.82 Å². The lowest BCUT2D eigenvalue weighted by Crippen LogP contribution is -2.50. The van der Waals surface area contributed by atoms with Gasteiger partial charge in [-0.2, -0.15) is 5.10 Å². The van der Waals surface area contributed by atoms with Crippen molar-refractivity contribution in [1.82, 2.24) is 23.8 Å². The van der Waals surface area contributed by atoms with E-state index in [0.29, 0.717) is 60.5 Å². The molecule has 0 bridgehead atoms. The van der Waals surface area contributed by atoms with Crippen LogP contribution in [0.15, 0.2) is 29.2 Å². The van der Waals surface area contributed by atoms with Crippen molar-refractivity contribution in [3.63, 3.8) is 0 Å². The number of nitrogens with zero attached hydrogens (tertiary/aromatic N) is 4. The van der Waals surface area contributed by atoms with E-state index < -0.39 is 9.71 Å². The van der Waals surface area contributed by atoms with Crippen LogP contribution in [0.5, 0.6) is 0 Å². The zero-order valence-electron chi connectivity index (χ0n) is 20.6. The summed E-state index contributed by atoms with van der Waals surface area (Å²) in [5.74, 6) is 3.38. The number of piperazine rings is 1. The molecule has 0 saturated carbocycles. The molecule has 9 nitrogen and oxygen atoms in total. The molecule has 4 rings (SSSR count). The Labute approximate surface area is 204 Å². The van der Waals surface area contributed by atoms with Crippen molar-refractivity contribution >= 4 is 32.8 Å². The number of carbonyl (C=O) groups is 2. The highest BCUT2D eigenvalue weighted by Gasteiger charge is 2.30. The number of nitrogens with one attached hydrogen (secondary N) is 1. The Kier molecular flexibility index (Phi) is 6.70. The van der Waals surface area contributed by atoms with E-state index in [4.69, 9.17) is 0 Å². The van der Waals surface area contributed by atoms with E-state index in [1.165, 1.54) is 4.52 Å². The summed E-state index contributed by atoms with van der Waals surface area (Å²) < 4.78 is 15.6. The van der Waals surface area contributed by atoms with Crippen molar-refractivity contribution in [3.8, 4) is 0 Å². The van der Waals surface area contributed by atoms with E-state index in [9.17, 15) is 18.6 Å². The Hall–Kier alpha value is -3.24. The van der Waals surface area contributed by atoms with E-state index in [1.807, 2.05) is 19.9 Å². The summed E-state index contributed by atoms with van der Waals surface area (Å²) in [7, 11) is -2.32. The zero-order valence-corrected chi connectivity index (χ0v) is 21.4. The molecule has 1 amide bonds. The quantitative estimate of drug-likeness (QED) is 0.413. The second kappa shape index (κ2) is 9.43. The first kappa shape index (κ1) is 24.9. The average Bonchev–Trinajstić information content (AvgIpc) is 3.09. The summed E-state index contributed by atoms with van der Waals surface area (Å²) in [4.78, 5) is 43.8. The van der Waals surface area contributed by atoms with E-state index in [-0.39, 0.29) is 23.7 Å². The Morgan fingerprint density at radius 2 is 1.86 bits per heavy atom. The van der Waals surface area contributed by atoms with Gasteiger partial charge in [-0.1, -0.05) is 0 Å². The van der Waals surface area contributed by atoms with Gasteiger partial charge in [-0.15, -0.1) is 0 Å². The number of hydrogen-bond acceptors (Lipinski definition) is 5. The van der Waals surface area contributed by atoms with Gasteiger partial charge in [-0.3, -0.25) is 18.6 Å². The van der Waals surface area contributed by atoms with Gasteiger partial charge in [0.05, 0.1) is 5.52 Å². The normalized spacial score (nSPS) is 16.4. The van der Waals surface area contributed by atoms with Crippen LogP contribution in [0.1, 0.15) is 49.7 Å². The summed E-state index contributed by atoms with van der Waals surface area (Å²) in [5, 5.41) is 4.37. The minimum atomic E-state index is -2.32. The van der Waals surface area contributed by atoms with E-state index in [1.54, 1.807) is 40.7 Å². The molecule has 0 spiro atoms. The molecule has 0 radical (unpaired) electrons. The van der Waals surface area contributed by atoms with Crippen LogP contribution in [0.4, 0.5) is 0 Å². The lowest BCUT2D eigenvalue weighted by Gasteiger charge is -2.35. The molecule has 1 atom stereocenters. The molecular weight excluding hydrogens is 466 g/mol. The third kappa shape index (κ3) is 4.81. The Morgan fingerprint density at radius 3 is 2.49 bits per heavy atom. The molecule has 1 fully saturated rings. The third-order valence-corrected chi connectivity index (χ3v) is 8.06. The largest absolute Gasteiger partial charge is 0.335 e. The molecule has 1 N–H and O–H groups in total. The number of pyridine rings is 1. The Balaban J connectivity index is 1.63. The number of fused-ring (bicyclic) bond motifs is 1. The maximum atomic E-state index is 13.5. The fraction of sp³-hybridized carbons (Fsp3) is 0.400. The molecule has 186 valence electrons. The molecule has 35 heavy (non-hydrogen) atoms. The smallest absolute Gasteiger partial charge is 0.272 e. The summed E-state index contributed by atoms with van der Waals surface area (Å²) in [5.41, 5.74) is 4.01. The topological polar surface area (TPSA) is 108 Å². The van der Waals surface area contributed by atoms with Crippen molar-refractivity contribution in [2.45, 2.75) is 33.6 Å². The van der Waals surface area contributed by atoms with Gasteiger partial charge in [0.2, 0.25) is 0 Å². The van der Waals surface area contributed by atoms with Crippen LogP contribution >= 0.6 is 0 Å². The first-order valence-electron chi connectivity index (χ1n) is 11.5. The molecule has 0 aromatic carbocycles. The maximum absolute atomic E-state index is 13.5. The first-order chi connectivity index (χ1) is 16.5. The zero-order chi connectivity index (χ0) is 25.5. The summed E-state index contributed by atoms with van der Waals surface area (Å²) >= 11 is 0. The SMILES string of the molecule is C=S(C)(=O)N1CCN(C(=O)c2c(C)c(C(=O)CCc3c(C)cc(C)[nH]c3=O)c3cccnn23)CC1. The molecule has 1 saturated heterocycles. The van der Waals surface area contributed by atoms with Gasteiger partial charge in [0.1, 0.15) is 5.69 Å². The van der Waals surface area contributed by atoms with Gasteiger partial charge < -0.3 is 9.88 Å². The second-order valence-corrected chi connectivity index (χ2v) is 11.7. The van der Waals surface area contributed by atoms with E-state index in [0.717, 1.165) is 11.3 Å². The molecule has 1 unspecified atom stereocenters. The molecule has 10 heteroatoms. The predicted molar refractivity (Wildman–Crippen MR) is 138 cm³/mol. The number of Topliss-reactive ketones (excluding diaryl/α,β-unsaturated/α-hetero) is 1. The summed E-state index contributed by atoms with van der Waals surface area (Å²) in [6, 6.07) is 5.41. The average molecular weight is 498 g/mol. The highest BCUT2D eigenvalue weighted by Crippen LogP contribution is 2.26. The highest BCUT2D eigenvalue weighted by molar-refractivity contribution is 7.97. The number of aromatic nitrogens is 3. The van der Waals surface area contributed by atoms with Gasteiger partial charge in [0.15, 0.2) is 5.78 Å². The van der Waals surface area contributed by atoms with Crippen LogP contribution in [0.25, 0.3) is 5.52 Å². The second-order valence-electron chi connectivity index (χ2n) is 9.22. The lowest BCUT2D eigenvalue weighted by atomic mass is 9.98. The summed E-state index contributed by atoms with van der Waals surface area (Å²) in [6.07, 6.45) is 3.63. The standard InChI is InChI=1S/C25H31N5O4S/c1-16-15-17(2)27-24(32)19(16)8-9-21(31)22-18(3)23(30-20(22)7-6-10-26-30)25(33)28-11-13-29(14-12-28)35(4,5)34/h6-7,10,15H,4,8-9,11-14H2,1-3,5H3,(H,27,32). The van der Waals surface area contributed by atoms with Crippen LogP contribution in [-0.2, 0) is 16.1 Å². The number of carbonyl (C=O) groups excluding carboxylic acids is 2. The molecule has 1 aliphatic heterocycles. The maximum Gasteiger partial charge on any atom is 0.272 e. The minimum Gasteiger partial charge on any atom is -0.335 e. The van der Waals surface area contributed by atoms with E-state index in [2.05, 4.69) is 16.0 Å². The van der Waals surface area contributed by atoms with Gasteiger partial charge in [0, 0.05) is 71.6 Å². The van der Waals surface area contributed by atoms with Crippen LogP contribution in [0.2, 0.25) is 0 Å². The molecule has 0 aliphatic carbocycles. The Morgan fingerprint density at radius 1 is 1.17 bits per heavy atom. The van der Waals surface area contributed by atoms with Gasteiger partial charge >= 0.3 is 0 Å². The Bertz CT molecular complexity index is 1480. The van der Waals surface area contributed by atoms with Crippen LogP contribution in [0.3, 0.4) is 0 Å². The number of ketones is 1. The predicted octanol–water partition coefficient (Wildman–Crippen LogP) is 1.78. The fourth-order valence-electron chi connectivity index (χ4n) is 4.79. The van der Waals surface area contributed by atoms with Gasteiger partial charge in [-0.05, 0) is 62.4 Å². The third-order valence-electron chi connectivity index (χ3n) is 6.60. The van der Waals surface area contributed by atoms with Gasteiger partial charge in [0.25, 0.3) is 11.5 Å². The molecule has 4 heterocycles. The van der Waals surface area contributed by atoms with E-state index >= 15 is 0 Å². The van der Waals surface area contributed by atoms with Crippen molar-refractivity contribution in [1.29, 1.82) is 0 Å². The minimum absolute atomic E-state index is 0.140. The highest BCUT2D eigenvalue weighted by atomic mass is 32.2. The molecular formula is C25H31N5O4S. The van der Waals surface area contributed by atoms with Crippen molar-refractivity contribution in [2.24, 2.45) is 0 Å². The van der Waals surface area contributed by atoms with Crippen molar-refractivity contribution < 1.29 is 13.8 Å². The van der Waals surface area contributed by atoms with Crippen molar-refractivity contribution in [3.05, 3.63) is 68.4 Å². The molecule has 1 aliphatic rings. The van der Waals surface area contributed by atoms with Crippen LogP contribution in [0, 0.1) is 20.8 Å². The monoisotopic (exact) mass is 497 g/mol. The number of aromatic amines is 1. The number of aryl methyl sites for hydroxylation is 2. The molecule has 3 aromatic heterocycles. The van der Waals surface area contributed by atoms with Crippen LogP contribution < -0.4 is 5.56 Å².